The lowest BCUT2D eigenvalue weighted by molar-refractivity contribution is 0.468. The van der Waals surface area contributed by atoms with Crippen molar-refractivity contribution in [2.75, 3.05) is 13.3 Å². The van der Waals surface area contributed by atoms with Gasteiger partial charge in [0.15, 0.2) is 5.62 Å². The van der Waals surface area contributed by atoms with Crippen LogP contribution in [0.2, 0.25) is 0 Å². The van der Waals surface area contributed by atoms with Crippen molar-refractivity contribution in [1.82, 2.24) is 0 Å². The van der Waals surface area contributed by atoms with E-state index < -0.39 is 5.62 Å². The lowest BCUT2D eigenvalue weighted by atomic mass is 10.6. The van der Waals surface area contributed by atoms with Crippen LogP contribution in [0.25, 0.3) is 0 Å². The van der Waals surface area contributed by atoms with Crippen molar-refractivity contribution in [3.05, 3.63) is 0 Å². The summed E-state index contributed by atoms with van der Waals surface area (Å²) in [6.07, 6.45) is 1.84. The monoisotopic (exact) mass is 172 g/mol. The molecule has 0 bridgehead atoms. The second kappa shape index (κ2) is 3.84. The van der Waals surface area contributed by atoms with Crippen molar-refractivity contribution in [3.63, 3.8) is 0 Å². The minimum atomic E-state index is -1.87. The molecule has 4 heteroatoms. The van der Waals surface area contributed by atoms with Gasteiger partial charge in [0.2, 0.25) is 0 Å². The molecule has 0 aromatic heterocycles. The summed E-state index contributed by atoms with van der Waals surface area (Å²) in [6, 6.07) is 0. The molecule has 0 aliphatic heterocycles. The Hall–Kier alpha value is 0.900. The van der Waals surface area contributed by atoms with E-state index in [1.807, 2.05) is 6.92 Å². The molecule has 0 aliphatic carbocycles. The number of hydrogen-bond acceptors (Lipinski definition) is 2. The summed E-state index contributed by atoms with van der Waals surface area (Å²) >= 11 is 10.6. The number of hydrogen-bond donors (Lipinski definition) is 0. The van der Waals surface area contributed by atoms with Gasteiger partial charge in [-0.2, -0.15) is 0 Å². The summed E-state index contributed by atoms with van der Waals surface area (Å²) in [7, 11) is 1.57. The van der Waals surface area contributed by atoms with Gasteiger partial charge in [0.1, 0.15) is 0 Å². The van der Waals surface area contributed by atoms with E-state index in [1.165, 1.54) is 0 Å². The Balaban J connectivity index is 3.55. The van der Waals surface area contributed by atoms with Crippen molar-refractivity contribution in [1.29, 1.82) is 0 Å². The maximum Gasteiger partial charge on any atom is 0.151 e. The fourth-order valence-corrected chi connectivity index (χ4v) is 2.13. The predicted octanol–water partition coefficient (Wildman–Crippen LogP) is 2.59. The van der Waals surface area contributed by atoms with E-state index in [4.69, 9.17) is 27.6 Å². The quantitative estimate of drug-likeness (QED) is 0.606. The molecule has 0 saturated heterocycles. The Morgan fingerprint density at radius 2 is 2.25 bits per heavy atom. The van der Waals surface area contributed by atoms with Crippen LogP contribution in [0.4, 0.5) is 0 Å². The fraction of sp³-hybridized carbons (Fsp3) is 1.00. The van der Waals surface area contributed by atoms with Gasteiger partial charge in [-0.3, -0.25) is 0 Å². The average molecular weight is 173 g/mol. The van der Waals surface area contributed by atoms with Gasteiger partial charge in [0.25, 0.3) is 0 Å². The molecule has 0 aliphatic rings. The molecular formula is C4H10ClOPS. The Morgan fingerprint density at radius 1 is 1.75 bits per heavy atom. The zero-order valence-electron chi connectivity index (χ0n) is 5.06. The molecule has 0 rings (SSSR count). The molecule has 8 heavy (non-hydrogen) atoms. The molecule has 0 fully saturated rings. The third-order valence-corrected chi connectivity index (χ3v) is 4.21. The molecule has 0 radical (unpaired) electrons. The zero-order chi connectivity index (χ0) is 6.62. The summed E-state index contributed by atoms with van der Waals surface area (Å²) in [5.74, 6) is 0. The third kappa shape index (κ3) is 3.85. The van der Waals surface area contributed by atoms with Crippen molar-refractivity contribution in [2.24, 2.45) is 0 Å². The Bertz CT molecular complexity index is 106. The molecule has 0 spiro atoms. The zero-order valence-corrected chi connectivity index (χ0v) is 7.52. The standard InChI is InChI=1S/C4H10ClOPS/c1-3-4-7(5,8)6-2/h3-4H2,1-2H3. The summed E-state index contributed by atoms with van der Waals surface area (Å²) < 4.78 is 4.87. The van der Waals surface area contributed by atoms with Crippen LogP contribution in [0, 0.1) is 0 Å². The summed E-state index contributed by atoms with van der Waals surface area (Å²) in [6.45, 7) is 2.04. The molecular weight excluding hydrogens is 163 g/mol. The van der Waals surface area contributed by atoms with Gasteiger partial charge in [-0.05, 0) is 6.42 Å². The van der Waals surface area contributed by atoms with Crippen LogP contribution in [-0.2, 0) is 16.3 Å². The first-order chi connectivity index (χ1) is 3.62. The van der Waals surface area contributed by atoms with Gasteiger partial charge >= 0.3 is 0 Å². The van der Waals surface area contributed by atoms with Crippen LogP contribution in [0.5, 0.6) is 0 Å². The second-order valence-electron chi connectivity index (χ2n) is 1.50. The highest BCUT2D eigenvalue weighted by Crippen LogP contribution is 2.52. The highest BCUT2D eigenvalue weighted by Gasteiger charge is 2.07. The van der Waals surface area contributed by atoms with Gasteiger partial charge in [0, 0.05) is 13.3 Å². The topological polar surface area (TPSA) is 9.23 Å². The highest BCUT2D eigenvalue weighted by molar-refractivity contribution is 8.24. The smallest absolute Gasteiger partial charge is 0.151 e. The number of rotatable bonds is 3. The minimum absolute atomic E-state index is 0.834. The van der Waals surface area contributed by atoms with Crippen LogP contribution < -0.4 is 0 Å². The Labute approximate surface area is 60.2 Å². The average Bonchev–Trinajstić information content (AvgIpc) is 1.67. The molecule has 0 heterocycles. The van der Waals surface area contributed by atoms with E-state index in [2.05, 4.69) is 0 Å². The summed E-state index contributed by atoms with van der Waals surface area (Å²) in [5.41, 5.74) is -1.87. The normalized spacial score (nSPS) is 17.9. The van der Waals surface area contributed by atoms with Crippen molar-refractivity contribution in [2.45, 2.75) is 13.3 Å². The van der Waals surface area contributed by atoms with Crippen LogP contribution in [0.15, 0.2) is 0 Å². The van der Waals surface area contributed by atoms with Gasteiger partial charge in [0.05, 0.1) is 0 Å². The van der Waals surface area contributed by atoms with E-state index in [1.54, 1.807) is 7.11 Å². The number of halogens is 1. The van der Waals surface area contributed by atoms with Crippen LogP contribution in [-0.4, -0.2) is 13.3 Å². The minimum Gasteiger partial charge on any atom is -0.341 e. The molecule has 1 nitrogen and oxygen atoms in total. The van der Waals surface area contributed by atoms with E-state index in [9.17, 15) is 0 Å². The largest absolute Gasteiger partial charge is 0.341 e. The summed E-state index contributed by atoms with van der Waals surface area (Å²) in [5, 5.41) is 0. The first-order valence-corrected chi connectivity index (χ1v) is 6.28. The Kier molecular flexibility index (Phi) is 4.27. The van der Waals surface area contributed by atoms with E-state index >= 15 is 0 Å². The SMILES string of the molecule is CCCP(=S)(Cl)OC. The molecule has 0 saturated carbocycles. The molecule has 1 unspecified atom stereocenters. The van der Waals surface area contributed by atoms with Crippen LogP contribution >= 0.6 is 16.9 Å². The van der Waals surface area contributed by atoms with E-state index in [0.717, 1.165) is 12.6 Å². The van der Waals surface area contributed by atoms with Crippen molar-refractivity contribution in [3.8, 4) is 0 Å². The van der Waals surface area contributed by atoms with Gasteiger partial charge in [-0.15, -0.1) is 0 Å². The second-order valence-corrected chi connectivity index (χ2v) is 7.50. The van der Waals surface area contributed by atoms with Crippen molar-refractivity contribution < 1.29 is 4.52 Å². The van der Waals surface area contributed by atoms with Gasteiger partial charge < -0.3 is 4.52 Å². The van der Waals surface area contributed by atoms with Crippen molar-refractivity contribution >= 4 is 28.7 Å². The van der Waals surface area contributed by atoms with Gasteiger partial charge in [-0.1, -0.05) is 30.0 Å². The predicted molar refractivity (Wildman–Crippen MR) is 42.3 cm³/mol. The molecule has 1 atom stereocenters. The maximum atomic E-state index is 5.72. The third-order valence-electron chi connectivity index (χ3n) is 0.763. The molecule has 0 aromatic carbocycles. The molecule has 0 amide bonds. The fourth-order valence-electron chi connectivity index (χ4n) is 0.358. The molecule has 50 valence electrons. The highest BCUT2D eigenvalue weighted by atomic mass is 35.7. The Morgan fingerprint density at radius 3 is 2.38 bits per heavy atom. The molecule has 0 aromatic rings. The maximum absolute atomic E-state index is 5.72. The first-order valence-electron chi connectivity index (χ1n) is 2.47. The molecule has 0 N–H and O–H groups in total. The van der Waals surface area contributed by atoms with Crippen LogP contribution in [0.1, 0.15) is 13.3 Å². The first kappa shape index (κ1) is 8.90. The lowest BCUT2D eigenvalue weighted by Crippen LogP contribution is -1.81. The van der Waals surface area contributed by atoms with Gasteiger partial charge in [-0.25, -0.2) is 0 Å². The van der Waals surface area contributed by atoms with E-state index in [0.29, 0.717) is 0 Å². The van der Waals surface area contributed by atoms with Crippen LogP contribution in [0.3, 0.4) is 0 Å². The lowest BCUT2D eigenvalue weighted by Gasteiger charge is -2.08. The van der Waals surface area contributed by atoms with E-state index in [-0.39, 0.29) is 0 Å². The summed E-state index contributed by atoms with van der Waals surface area (Å²) in [4.78, 5) is 0.